The second-order valence-electron chi connectivity index (χ2n) is 6.83. The van der Waals surface area contributed by atoms with Gasteiger partial charge in [-0.2, -0.15) is 0 Å². The van der Waals surface area contributed by atoms with E-state index in [0.717, 1.165) is 24.1 Å². The molecule has 26 heavy (non-hydrogen) atoms. The fourth-order valence-corrected chi connectivity index (χ4v) is 4.39. The number of thiophene rings is 1. The standard InChI is InChI=1S/C19H21N3O3S/c23-17(21-14-3-1-9-20-13-14)15-5-6-19(25-15)7-10-22(11-8-19)18(24)16-4-2-12-26-16/h1-4,9,12-13,15H,5-8,10-11H2,(H,21,23)/t15-/m0/s1. The normalized spacial score (nSPS) is 21.7. The Bertz CT molecular complexity index is 771. The topological polar surface area (TPSA) is 71.5 Å². The summed E-state index contributed by atoms with van der Waals surface area (Å²) in [6.45, 7) is 1.35. The smallest absolute Gasteiger partial charge is 0.263 e. The molecule has 2 amide bonds. The minimum Gasteiger partial charge on any atom is -0.362 e. The fourth-order valence-electron chi connectivity index (χ4n) is 3.70. The van der Waals surface area contributed by atoms with Crippen LogP contribution in [0.4, 0.5) is 5.69 Å². The molecule has 0 aromatic carbocycles. The molecular weight excluding hydrogens is 350 g/mol. The van der Waals surface area contributed by atoms with E-state index in [9.17, 15) is 9.59 Å². The lowest BCUT2D eigenvalue weighted by atomic mass is 9.88. The van der Waals surface area contributed by atoms with Crippen LogP contribution in [0, 0.1) is 0 Å². The average Bonchev–Trinajstić information content (AvgIpc) is 3.33. The first kappa shape index (κ1) is 17.2. The maximum absolute atomic E-state index is 12.5. The SMILES string of the molecule is O=C(Nc1cccnc1)[C@@H]1CCC2(CCN(C(=O)c3cccs3)CC2)O1. The summed E-state index contributed by atoms with van der Waals surface area (Å²) < 4.78 is 6.17. The molecule has 2 aliphatic rings. The average molecular weight is 371 g/mol. The minimum atomic E-state index is -0.435. The van der Waals surface area contributed by atoms with E-state index >= 15 is 0 Å². The van der Waals surface area contributed by atoms with Gasteiger partial charge in [0, 0.05) is 19.3 Å². The van der Waals surface area contributed by atoms with Crippen molar-refractivity contribution < 1.29 is 14.3 Å². The molecule has 0 aliphatic carbocycles. The number of ether oxygens (including phenoxy) is 1. The third-order valence-electron chi connectivity index (χ3n) is 5.17. The van der Waals surface area contributed by atoms with Crippen molar-refractivity contribution in [1.82, 2.24) is 9.88 Å². The number of hydrogen-bond donors (Lipinski definition) is 1. The lowest BCUT2D eigenvalue weighted by molar-refractivity contribution is -0.135. The van der Waals surface area contributed by atoms with Crippen LogP contribution in [-0.4, -0.2) is 46.5 Å². The van der Waals surface area contributed by atoms with Gasteiger partial charge in [0.2, 0.25) is 0 Å². The maximum atomic E-state index is 12.5. The first-order chi connectivity index (χ1) is 12.7. The predicted molar refractivity (Wildman–Crippen MR) is 99.2 cm³/mol. The Labute approximate surface area is 156 Å². The molecule has 0 radical (unpaired) electrons. The highest BCUT2D eigenvalue weighted by Gasteiger charge is 2.45. The maximum Gasteiger partial charge on any atom is 0.263 e. The highest BCUT2D eigenvalue weighted by atomic mass is 32.1. The molecule has 0 unspecified atom stereocenters. The van der Waals surface area contributed by atoms with E-state index in [0.29, 0.717) is 25.2 Å². The molecule has 4 heterocycles. The number of aromatic nitrogens is 1. The summed E-state index contributed by atoms with van der Waals surface area (Å²) in [5.74, 6) is -0.0225. The van der Waals surface area contributed by atoms with Crippen LogP contribution in [0.3, 0.4) is 0 Å². The third kappa shape index (κ3) is 3.50. The summed E-state index contributed by atoms with van der Waals surface area (Å²) in [5.41, 5.74) is 0.404. The Morgan fingerprint density at radius 1 is 1.23 bits per heavy atom. The van der Waals surface area contributed by atoms with Gasteiger partial charge in [-0.3, -0.25) is 14.6 Å². The second kappa shape index (κ2) is 7.17. The number of likely N-dealkylation sites (tertiary alicyclic amines) is 1. The largest absolute Gasteiger partial charge is 0.362 e. The Morgan fingerprint density at radius 3 is 2.77 bits per heavy atom. The lowest BCUT2D eigenvalue weighted by Gasteiger charge is -2.38. The third-order valence-corrected chi connectivity index (χ3v) is 6.03. The molecule has 6 nitrogen and oxygen atoms in total. The number of nitrogens with one attached hydrogen (secondary N) is 1. The van der Waals surface area contributed by atoms with Gasteiger partial charge in [0.1, 0.15) is 6.10 Å². The number of pyridine rings is 1. The van der Waals surface area contributed by atoms with Crippen molar-refractivity contribution in [3.05, 3.63) is 46.9 Å². The van der Waals surface area contributed by atoms with Crippen molar-refractivity contribution >= 4 is 28.8 Å². The molecular formula is C19H21N3O3S. The molecule has 1 spiro atoms. The van der Waals surface area contributed by atoms with Gasteiger partial charge in [0.25, 0.3) is 11.8 Å². The van der Waals surface area contributed by atoms with Gasteiger partial charge in [0.05, 0.1) is 22.4 Å². The van der Waals surface area contributed by atoms with E-state index in [1.165, 1.54) is 11.3 Å². The van der Waals surface area contributed by atoms with Crippen molar-refractivity contribution in [2.75, 3.05) is 18.4 Å². The molecule has 0 saturated carbocycles. The summed E-state index contributed by atoms with van der Waals surface area (Å²) in [5, 5.41) is 4.78. The number of amides is 2. The van der Waals surface area contributed by atoms with Crippen LogP contribution < -0.4 is 5.32 Å². The van der Waals surface area contributed by atoms with E-state index < -0.39 is 6.10 Å². The molecule has 7 heteroatoms. The number of nitrogens with zero attached hydrogens (tertiary/aromatic N) is 2. The number of hydrogen-bond acceptors (Lipinski definition) is 5. The van der Waals surface area contributed by atoms with Gasteiger partial charge in [-0.15, -0.1) is 11.3 Å². The fraction of sp³-hybridized carbons (Fsp3) is 0.421. The van der Waals surface area contributed by atoms with Gasteiger partial charge in [-0.1, -0.05) is 6.07 Å². The van der Waals surface area contributed by atoms with E-state index in [-0.39, 0.29) is 17.4 Å². The highest BCUT2D eigenvalue weighted by Crippen LogP contribution is 2.39. The summed E-state index contributed by atoms with van der Waals surface area (Å²) in [4.78, 5) is 31.6. The van der Waals surface area contributed by atoms with Crippen LogP contribution >= 0.6 is 11.3 Å². The molecule has 2 fully saturated rings. The van der Waals surface area contributed by atoms with Crippen molar-refractivity contribution in [2.24, 2.45) is 0 Å². The number of rotatable bonds is 3. The molecule has 2 saturated heterocycles. The van der Waals surface area contributed by atoms with E-state index in [4.69, 9.17) is 4.74 Å². The zero-order chi connectivity index (χ0) is 18.0. The Balaban J connectivity index is 1.32. The van der Waals surface area contributed by atoms with E-state index in [1.54, 1.807) is 18.5 Å². The summed E-state index contributed by atoms with van der Waals surface area (Å²) in [6, 6.07) is 7.36. The molecule has 1 atom stereocenters. The Morgan fingerprint density at radius 2 is 2.08 bits per heavy atom. The van der Waals surface area contributed by atoms with Gasteiger partial charge < -0.3 is 15.0 Å². The van der Waals surface area contributed by atoms with E-state index in [1.807, 2.05) is 28.5 Å². The minimum absolute atomic E-state index is 0.0960. The van der Waals surface area contributed by atoms with Gasteiger partial charge in [-0.25, -0.2) is 0 Å². The van der Waals surface area contributed by atoms with Crippen LogP contribution in [0.5, 0.6) is 0 Å². The highest BCUT2D eigenvalue weighted by molar-refractivity contribution is 7.12. The molecule has 2 aromatic rings. The number of carbonyl (C=O) groups is 2. The number of piperidine rings is 1. The summed E-state index contributed by atoms with van der Waals surface area (Å²) in [7, 11) is 0. The molecule has 1 N–H and O–H groups in total. The quantitative estimate of drug-likeness (QED) is 0.900. The van der Waals surface area contributed by atoms with E-state index in [2.05, 4.69) is 10.3 Å². The van der Waals surface area contributed by atoms with Crippen molar-refractivity contribution in [1.29, 1.82) is 0 Å². The zero-order valence-corrected chi connectivity index (χ0v) is 15.2. The molecule has 2 aromatic heterocycles. The number of anilines is 1. The molecule has 2 aliphatic heterocycles. The number of carbonyl (C=O) groups excluding carboxylic acids is 2. The Hall–Kier alpha value is -2.25. The summed E-state index contributed by atoms with van der Waals surface area (Å²) in [6.07, 6.45) is 5.99. The van der Waals surface area contributed by atoms with Crippen molar-refractivity contribution in [3.8, 4) is 0 Å². The van der Waals surface area contributed by atoms with Gasteiger partial charge in [-0.05, 0) is 49.3 Å². The van der Waals surface area contributed by atoms with Gasteiger partial charge in [0.15, 0.2) is 0 Å². The zero-order valence-electron chi connectivity index (χ0n) is 14.4. The van der Waals surface area contributed by atoms with Crippen LogP contribution in [0.2, 0.25) is 0 Å². The molecule has 4 rings (SSSR count). The summed E-state index contributed by atoms with van der Waals surface area (Å²) >= 11 is 1.47. The van der Waals surface area contributed by atoms with Crippen LogP contribution in [0.1, 0.15) is 35.4 Å². The lowest BCUT2D eigenvalue weighted by Crippen LogP contribution is -2.47. The first-order valence-electron chi connectivity index (χ1n) is 8.87. The van der Waals surface area contributed by atoms with Crippen LogP contribution in [0.15, 0.2) is 42.0 Å². The van der Waals surface area contributed by atoms with Gasteiger partial charge >= 0.3 is 0 Å². The van der Waals surface area contributed by atoms with Crippen molar-refractivity contribution in [3.63, 3.8) is 0 Å². The Kier molecular flexibility index (Phi) is 4.74. The van der Waals surface area contributed by atoms with Crippen LogP contribution in [0.25, 0.3) is 0 Å². The molecule has 0 bridgehead atoms. The predicted octanol–water partition coefficient (Wildman–Crippen LogP) is 2.94. The van der Waals surface area contributed by atoms with Crippen molar-refractivity contribution in [2.45, 2.75) is 37.4 Å². The molecule has 136 valence electrons. The monoisotopic (exact) mass is 371 g/mol. The van der Waals surface area contributed by atoms with Crippen LogP contribution in [-0.2, 0) is 9.53 Å². The first-order valence-corrected chi connectivity index (χ1v) is 9.75. The second-order valence-corrected chi connectivity index (χ2v) is 7.78.